The van der Waals surface area contributed by atoms with E-state index in [1.807, 2.05) is 0 Å². The van der Waals surface area contributed by atoms with Crippen molar-refractivity contribution in [3.8, 4) is 0 Å². The second kappa shape index (κ2) is 8.06. The number of nitrogens with zero attached hydrogens (tertiary/aromatic N) is 2. The number of hydrogen-bond donors (Lipinski definition) is 2. The maximum atomic E-state index is 11.7. The molecule has 0 spiro atoms. The highest BCUT2D eigenvalue weighted by molar-refractivity contribution is 6.35. The van der Waals surface area contributed by atoms with Gasteiger partial charge in [-0.2, -0.15) is 10.2 Å². The highest BCUT2D eigenvalue weighted by Gasteiger charge is 2.19. The Kier molecular flexibility index (Phi) is 6.10. The molecule has 2 rings (SSSR count). The highest BCUT2D eigenvalue weighted by Crippen LogP contribution is 2.21. The van der Waals surface area contributed by atoms with Crippen LogP contribution in [0.3, 0.4) is 0 Å². The van der Waals surface area contributed by atoms with Crippen LogP contribution in [0.2, 0.25) is 0 Å². The van der Waals surface area contributed by atoms with Gasteiger partial charge >= 0.3 is 11.8 Å². The molecule has 2 saturated carbocycles. The molecule has 2 atom stereocenters. The zero-order valence-corrected chi connectivity index (χ0v) is 13.5. The molecule has 0 aliphatic heterocycles. The largest absolute Gasteiger partial charge is 0.331 e. The van der Waals surface area contributed by atoms with E-state index in [9.17, 15) is 9.59 Å². The predicted molar refractivity (Wildman–Crippen MR) is 86.4 cm³/mol. The van der Waals surface area contributed by atoms with Gasteiger partial charge in [0, 0.05) is 11.4 Å². The molecule has 0 aromatic carbocycles. The maximum Gasteiger partial charge on any atom is 0.331 e. The molecule has 122 valence electrons. The molecule has 0 heterocycles. The van der Waals surface area contributed by atoms with Crippen LogP contribution < -0.4 is 10.9 Å². The Morgan fingerprint density at radius 1 is 0.818 bits per heavy atom. The van der Waals surface area contributed by atoms with Crippen molar-refractivity contribution in [2.45, 2.75) is 65.2 Å². The highest BCUT2D eigenvalue weighted by atomic mass is 16.2. The van der Waals surface area contributed by atoms with Crippen LogP contribution >= 0.6 is 0 Å². The Morgan fingerprint density at radius 2 is 1.23 bits per heavy atom. The Labute approximate surface area is 131 Å². The molecule has 0 saturated heterocycles. The van der Waals surface area contributed by atoms with E-state index < -0.39 is 11.8 Å². The summed E-state index contributed by atoms with van der Waals surface area (Å²) < 4.78 is 0. The second-order valence-corrected chi connectivity index (χ2v) is 6.38. The quantitative estimate of drug-likeness (QED) is 0.606. The molecule has 6 nitrogen and oxygen atoms in total. The number of hydrazone groups is 2. The molecule has 2 aliphatic carbocycles. The minimum Gasteiger partial charge on any atom is -0.262 e. The van der Waals surface area contributed by atoms with Crippen molar-refractivity contribution in [2.75, 3.05) is 0 Å². The van der Waals surface area contributed by atoms with Crippen LogP contribution in [0.1, 0.15) is 65.2 Å². The minimum absolute atomic E-state index is 0.375. The maximum absolute atomic E-state index is 11.7. The fraction of sp³-hybridized carbons (Fsp3) is 0.750. The normalized spacial score (nSPS) is 29.4. The number of nitrogens with one attached hydrogen (secondary N) is 2. The summed E-state index contributed by atoms with van der Waals surface area (Å²) in [6.07, 6.45) is 8.55. The molecule has 6 heteroatoms. The van der Waals surface area contributed by atoms with Crippen LogP contribution in [0.25, 0.3) is 0 Å². The van der Waals surface area contributed by atoms with E-state index in [1.54, 1.807) is 0 Å². The molecule has 2 N–H and O–H groups in total. The van der Waals surface area contributed by atoms with Gasteiger partial charge in [0.05, 0.1) is 0 Å². The summed E-state index contributed by atoms with van der Waals surface area (Å²) in [7, 11) is 0. The molecule has 0 aromatic heterocycles. The zero-order valence-electron chi connectivity index (χ0n) is 13.5. The molecular formula is C16H26N4O2. The number of rotatable bonds is 2. The summed E-state index contributed by atoms with van der Waals surface area (Å²) in [6.45, 7) is 4.20. The first kappa shape index (κ1) is 16.6. The average molecular weight is 306 g/mol. The smallest absolute Gasteiger partial charge is 0.262 e. The molecular weight excluding hydrogens is 280 g/mol. The first-order chi connectivity index (χ1) is 10.6. The van der Waals surface area contributed by atoms with Gasteiger partial charge < -0.3 is 0 Å². The van der Waals surface area contributed by atoms with Gasteiger partial charge in [0.25, 0.3) is 0 Å². The molecule has 2 fully saturated rings. The lowest BCUT2D eigenvalue weighted by atomic mass is 9.89. The summed E-state index contributed by atoms with van der Waals surface area (Å²) >= 11 is 0. The SMILES string of the molecule is C[C@@H]1CCCC/C1=N/NC(=O)C(=O)N/N=C1/CCCC[C@@H]1C. The van der Waals surface area contributed by atoms with Crippen molar-refractivity contribution >= 4 is 23.2 Å². The van der Waals surface area contributed by atoms with E-state index in [0.717, 1.165) is 49.9 Å². The predicted octanol–water partition coefficient (Wildman–Crippen LogP) is 2.35. The zero-order chi connectivity index (χ0) is 15.9. The summed E-state index contributed by atoms with van der Waals surface area (Å²) in [6, 6.07) is 0. The van der Waals surface area contributed by atoms with Gasteiger partial charge in [-0.05, 0) is 50.4 Å². The molecule has 0 aromatic rings. The third-order valence-corrected chi connectivity index (χ3v) is 4.59. The number of hydrogen-bond acceptors (Lipinski definition) is 4. The number of amides is 2. The van der Waals surface area contributed by atoms with Gasteiger partial charge in [0.2, 0.25) is 0 Å². The lowest BCUT2D eigenvalue weighted by molar-refractivity contribution is -0.139. The van der Waals surface area contributed by atoms with Crippen LogP contribution in [0.5, 0.6) is 0 Å². The standard InChI is InChI=1S/C16H26N4O2/c1-11-7-3-5-9-13(11)17-19-15(21)16(22)20-18-14-10-6-4-8-12(14)2/h11-12H,3-10H2,1-2H3,(H,19,21)(H,20,22)/b17-13-,18-14-/t11-,12+. The third-order valence-electron chi connectivity index (χ3n) is 4.59. The molecule has 0 unspecified atom stereocenters. The summed E-state index contributed by atoms with van der Waals surface area (Å²) in [5.41, 5.74) is 6.64. The topological polar surface area (TPSA) is 82.9 Å². The minimum atomic E-state index is -0.752. The number of carbonyl (C=O) groups excluding carboxylic acids is 2. The Balaban J connectivity index is 1.83. The average Bonchev–Trinajstić information content (AvgIpc) is 2.52. The molecule has 0 radical (unpaired) electrons. The molecule has 2 aliphatic rings. The lowest BCUT2D eigenvalue weighted by Crippen LogP contribution is -2.37. The van der Waals surface area contributed by atoms with Crippen molar-refractivity contribution in [1.29, 1.82) is 0 Å². The van der Waals surface area contributed by atoms with Gasteiger partial charge in [-0.25, -0.2) is 10.9 Å². The van der Waals surface area contributed by atoms with Crippen molar-refractivity contribution in [1.82, 2.24) is 10.9 Å². The van der Waals surface area contributed by atoms with Crippen LogP contribution in [0.4, 0.5) is 0 Å². The molecule has 2 amide bonds. The molecule has 22 heavy (non-hydrogen) atoms. The van der Waals surface area contributed by atoms with E-state index >= 15 is 0 Å². The molecule has 0 bridgehead atoms. The van der Waals surface area contributed by atoms with Crippen LogP contribution in [0.15, 0.2) is 10.2 Å². The van der Waals surface area contributed by atoms with Gasteiger partial charge in [0.15, 0.2) is 0 Å². The lowest BCUT2D eigenvalue weighted by Gasteiger charge is -2.20. The van der Waals surface area contributed by atoms with Crippen molar-refractivity contribution in [2.24, 2.45) is 22.0 Å². The van der Waals surface area contributed by atoms with Crippen molar-refractivity contribution in [3.05, 3.63) is 0 Å². The summed E-state index contributed by atoms with van der Waals surface area (Å²) in [4.78, 5) is 23.5. The van der Waals surface area contributed by atoms with Crippen LogP contribution in [-0.2, 0) is 9.59 Å². The monoisotopic (exact) mass is 306 g/mol. The van der Waals surface area contributed by atoms with Gasteiger partial charge in [-0.15, -0.1) is 0 Å². The van der Waals surface area contributed by atoms with E-state index in [0.29, 0.717) is 11.8 Å². The van der Waals surface area contributed by atoms with Crippen molar-refractivity contribution in [3.63, 3.8) is 0 Å². The fourth-order valence-corrected chi connectivity index (χ4v) is 3.02. The Hall–Kier alpha value is -1.72. The Bertz CT molecular complexity index is 441. The van der Waals surface area contributed by atoms with Gasteiger partial charge in [-0.3, -0.25) is 9.59 Å². The van der Waals surface area contributed by atoms with Crippen LogP contribution in [0, 0.1) is 11.8 Å². The Morgan fingerprint density at radius 3 is 1.59 bits per heavy atom. The van der Waals surface area contributed by atoms with E-state index in [2.05, 4.69) is 34.9 Å². The van der Waals surface area contributed by atoms with Gasteiger partial charge in [-0.1, -0.05) is 26.7 Å². The number of carbonyl (C=O) groups is 2. The van der Waals surface area contributed by atoms with Crippen LogP contribution in [-0.4, -0.2) is 23.2 Å². The summed E-state index contributed by atoms with van der Waals surface area (Å²) in [5.74, 6) is -0.753. The van der Waals surface area contributed by atoms with Crippen molar-refractivity contribution < 1.29 is 9.59 Å². The van der Waals surface area contributed by atoms with Gasteiger partial charge in [0.1, 0.15) is 0 Å². The fourth-order valence-electron chi connectivity index (χ4n) is 3.02. The van der Waals surface area contributed by atoms with E-state index in [1.165, 1.54) is 12.8 Å². The summed E-state index contributed by atoms with van der Waals surface area (Å²) in [5, 5.41) is 8.21. The first-order valence-corrected chi connectivity index (χ1v) is 8.31. The first-order valence-electron chi connectivity index (χ1n) is 8.31. The second-order valence-electron chi connectivity index (χ2n) is 6.38. The van der Waals surface area contributed by atoms with E-state index in [-0.39, 0.29) is 0 Å². The third kappa shape index (κ3) is 4.64. The van der Waals surface area contributed by atoms with E-state index in [4.69, 9.17) is 0 Å².